The molecule has 19 heavy (non-hydrogen) atoms. The minimum atomic E-state index is -0.132. The minimum absolute atomic E-state index is 0.0399. The molecule has 0 heterocycles. The third-order valence-electron chi connectivity index (χ3n) is 2.69. The third-order valence-corrected chi connectivity index (χ3v) is 2.69. The van der Waals surface area contributed by atoms with Crippen LogP contribution in [0.2, 0.25) is 0 Å². The molecule has 0 aromatic heterocycles. The molecule has 0 saturated heterocycles. The molecule has 5 heteroatoms. The van der Waals surface area contributed by atoms with Crippen LogP contribution in [0.15, 0.2) is 18.2 Å². The molecule has 0 saturated carbocycles. The summed E-state index contributed by atoms with van der Waals surface area (Å²) in [5.74, 6) is 0.692. The molecule has 1 aromatic rings. The van der Waals surface area contributed by atoms with E-state index in [0.717, 1.165) is 11.3 Å². The zero-order valence-corrected chi connectivity index (χ0v) is 11.9. The van der Waals surface area contributed by atoms with Gasteiger partial charge in [0.05, 0.1) is 0 Å². The van der Waals surface area contributed by atoms with Crippen molar-refractivity contribution in [2.75, 3.05) is 13.4 Å². The predicted molar refractivity (Wildman–Crippen MR) is 74.0 cm³/mol. The van der Waals surface area contributed by atoms with Gasteiger partial charge in [0.2, 0.25) is 0 Å². The summed E-state index contributed by atoms with van der Waals surface area (Å²) in [5.41, 5.74) is 3.29. The van der Waals surface area contributed by atoms with E-state index in [0.29, 0.717) is 12.2 Å². The van der Waals surface area contributed by atoms with Crippen molar-refractivity contribution in [1.82, 2.24) is 5.48 Å². The number of hydrogen-bond donors (Lipinski definition) is 3. The Morgan fingerprint density at radius 3 is 2.58 bits per heavy atom. The van der Waals surface area contributed by atoms with E-state index in [9.17, 15) is 0 Å². The zero-order valence-electron chi connectivity index (χ0n) is 11.9. The van der Waals surface area contributed by atoms with Gasteiger partial charge in [-0.25, -0.2) is 0 Å². The summed E-state index contributed by atoms with van der Waals surface area (Å²) in [7, 11) is 0. The summed E-state index contributed by atoms with van der Waals surface area (Å²) in [6.07, 6.45) is 0. The Hall–Kier alpha value is -1.59. The van der Waals surface area contributed by atoms with Crippen molar-refractivity contribution in [1.29, 1.82) is 5.41 Å². The molecule has 106 valence electrons. The molecule has 0 bridgehead atoms. The maximum atomic E-state index is 8.80. The van der Waals surface area contributed by atoms with Crippen LogP contribution in [0.25, 0.3) is 0 Å². The molecule has 0 amide bonds. The van der Waals surface area contributed by atoms with Gasteiger partial charge in [-0.3, -0.25) is 16.1 Å². The molecule has 0 aliphatic rings. The summed E-state index contributed by atoms with van der Waals surface area (Å²) >= 11 is 0. The van der Waals surface area contributed by atoms with Gasteiger partial charge in [0, 0.05) is 17.7 Å². The van der Waals surface area contributed by atoms with E-state index in [4.69, 9.17) is 20.1 Å². The normalized spacial score (nSPS) is 11.2. The standard InChI is InChI=1S/C14H22N2O3/c1-5-18-9-19-12-7-6-10(13(15)16-17)8-11(12)14(2,3)4/h6-8,17H,5,9H2,1-4H3,(H2,15,16). The first-order chi connectivity index (χ1) is 8.90. The zero-order chi connectivity index (χ0) is 14.5. The van der Waals surface area contributed by atoms with Crippen LogP contribution >= 0.6 is 0 Å². The van der Waals surface area contributed by atoms with Gasteiger partial charge in [0.15, 0.2) is 6.79 Å². The predicted octanol–water partition coefficient (Wildman–Crippen LogP) is 2.66. The van der Waals surface area contributed by atoms with E-state index < -0.39 is 0 Å². The van der Waals surface area contributed by atoms with Gasteiger partial charge in [-0.1, -0.05) is 20.8 Å². The van der Waals surface area contributed by atoms with Gasteiger partial charge in [0.25, 0.3) is 0 Å². The largest absolute Gasteiger partial charge is 0.467 e. The average molecular weight is 266 g/mol. The van der Waals surface area contributed by atoms with E-state index in [1.165, 1.54) is 0 Å². The second-order valence-corrected chi connectivity index (χ2v) is 5.20. The topological polar surface area (TPSA) is 74.6 Å². The van der Waals surface area contributed by atoms with E-state index in [1.54, 1.807) is 12.1 Å². The second kappa shape index (κ2) is 6.54. The lowest BCUT2D eigenvalue weighted by Crippen LogP contribution is -2.21. The Kier molecular flexibility index (Phi) is 5.32. The molecule has 1 rings (SSSR count). The van der Waals surface area contributed by atoms with Crippen LogP contribution in [0, 0.1) is 5.41 Å². The van der Waals surface area contributed by atoms with Crippen molar-refractivity contribution in [3.63, 3.8) is 0 Å². The van der Waals surface area contributed by atoms with Crippen LogP contribution in [0.4, 0.5) is 0 Å². The fourth-order valence-corrected chi connectivity index (χ4v) is 1.65. The number of amidine groups is 1. The average Bonchev–Trinajstić information content (AvgIpc) is 2.37. The van der Waals surface area contributed by atoms with Crippen LogP contribution in [-0.4, -0.2) is 24.4 Å². The molecular formula is C14H22N2O3. The molecule has 0 unspecified atom stereocenters. The first-order valence-corrected chi connectivity index (χ1v) is 6.24. The van der Waals surface area contributed by atoms with Crippen LogP contribution in [0.3, 0.4) is 0 Å². The Morgan fingerprint density at radius 1 is 1.37 bits per heavy atom. The van der Waals surface area contributed by atoms with Crippen molar-refractivity contribution in [2.24, 2.45) is 0 Å². The Morgan fingerprint density at radius 2 is 2.05 bits per heavy atom. The molecule has 0 spiro atoms. The van der Waals surface area contributed by atoms with Crippen molar-refractivity contribution in [3.05, 3.63) is 29.3 Å². The molecular weight excluding hydrogens is 244 g/mol. The minimum Gasteiger partial charge on any atom is -0.467 e. The summed E-state index contributed by atoms with van der Waals surface area (Å²) in [6.45, 7) is 8.91. The van der Waals surface area contributed by atoms with Crippen molar-refractivity contribution in [3.8, 4) is 5.75 Å². The van der Waals surface area contributed by atoms with Gasteiger partial charge >= 0.3 is 0 Å². The Bertz CT molecular complexity index is 439. The summed E-state index contributed by atoms with van der Waals surface area (Å²) in [5, 5.41) is 16.4. The smallest absolute Gasteiger partial charge is 0.189 e. The van der Waals surface area contributed by atoms with Gasteiger partial charge in [-0.05, 0) is 30.5 Å². The molecule has 0 aliphatic carbocycles. The van der Waals surface area contributed by atoms with E-state index in [2.05, 4.69) is 20.8 Å². The van der Waals surface area contributed by atoms with Gasteiger partial charge < -0.3 is 9.47 Å². The van der Waals surface area contributed by atoms with Crippen LogP contribution < -0.4 is 10.2 Å². The highest BCUT2D eigenvalue weighted by atomic mass is 16.7. The van der Waals surface area contributed by atoms with Gasteiger partial charge in [-0.15, -0.1) is 0 Å². The highest BCUT2D eigenvalue weighted by molar-refractivity contribution is 5.95. The Labute approximate surface area is 114 Å². The van der Waals surface area contributed by atoms with Crippen LogP contribution in [0.1, 0.15) is 38.8 Å². The van der Waals surface area contributed by atoms with E-state index in [-0.39, 0.29) is 18.0 Å². The number of nitrogens with one attached hydrogen (secondary N) is 2. The molecule has 0 fully saturated rings. The number of ether oxygens (including phenoxy) is 2. The first kappa shape index (κ1) is 15.5. The number of rotatable bonds is 5. The third kappa shape index (κ3) is 4.22. The number of hydroxylamine groups is 1. The maximum Gasteiger partial charge on any atom is 0.189 e. The van der Waals surface area contributed by atoms with Gasteiger partial charge in [0.1, 0.15) is 11.6 Å². The lowest BCUT2D eigenvalue weighted by Gasteiger charge is -2.23. The number of hydrogen-bond acceptors (Lipinski definition) is 4. The molecule has 1 aromatic carbocycles. The maximum absolute atomic E-state index is 8.80. The lowest BCUT2D eigenvalue weighted by molar-refractivity contribution is 0.0214. The molecule has 0 aliphatic heterocycles. The van der Waals surface area contributed by atoms with Crippen molar-refractivity contribution < 1.29 is 14.7 Å². The van der Waals surface area contributed by atoms with E-state index >= 15 is 0 Å². The molecule has 0 radical (unpaired) electrons. The molecule has 3 N–H and O–H groups in total. The van der Waals surface area contributed by atoms with E-state index in [1.807, 2.05) is 18.5 Å². The number of benzene rings is 1. The van der Waals surface area contributed by atoms with Crippen LogP contribution in [-0.2, 0) is 10.2 Å². The first-order valence-electron chi connectivity index (χ1n) is 6.24. The Balaban J connectivity index is 3.07. The summed E-state index contributed by atoms with van der Waals surface area (Å²) in [6, 6.07) is 5.36. The van der Waals surface area contributed by atoms with Crippen LogP contribution in [0.5, 0.6) is 5.75 Å². The van der Waals surface area contributed by atoms with Gasteiger partial charge in [-0.2, -0.15) is 0 Å². The van der Waals surface area contributed by atoms with Crippen molar-refractivity contribution >= 4 is 5.84 Å². The molecule has 5 nitrogen and oxygen atoms in total. The highest BCUT2D eigenvalue weighted by Crippen LogP contribution is 2.32. The summed E-state index contributed by atoms with van der Waals surface area (Å²) < 4.78 is 10.8. The monoisotopic (exact) mass is 266 g/mol. The fraction of sp³-hybridized carbons (Fsp3) is 0.500. The molecule has 0 atom stereocenters. The second-order valence-electron chi connectivity index (χ2n) is 5.20. The fourth-order valence-electron chi connectivity index (χ4n) is 1.65. The lowest BCUT2D eigenvalue weighted by atomic mass is 9.85. The SMILES string of the molecule is CCOCOc1ccc(C(=N)NO)cc1C(C)(C)C. The summed E-state index contributed by atoms with van der Waals surface area (Å²) in [4.78, 5) is 0. The highest BCUT2D eigenvalue weighted by Gasteiger charge is 2.20. The quantitative estimate of drug-likeness (QED) is 0.252. The van der Waals surface area contributed by atoms with Crippen molar-refractivity contribution in [2.45, 2.75) is 33.1 Å².